The van der Waals surface area contributed by atoms with Crippen molar-refractivity contribution in [3.63, 3.8) is 0 Å². The van der Waals surface area contributed by atoms with E-state index in [2.05, 4.69) is 6.92 Å². The molecule has 1 aliphatic rings. The van der Waals surface area contributed by atoms with Gasteiger partial charge in [-0.2, -0.15) is 0 Å². The van der Waals surface area contributed by atoms with Gasteiger partial charge in [0.05, 0.1) is 0 Å². The van der Waals surface area contributed by atoms with Crippen molar-refractivity contribution in [1.82, 2.24) is 4.90 Å². The highest BCUT2D eigenvalue weighted by atomic mass is 16.6. The summed E-state index contributed by atoms with van der Waals surface area (Å²) in [5, 5.41) is 0. The van der Waals surface area contributed by atoms with Gasteiger partial charge in [-0.25, -0.2) is 0 Å². The maximum absolute atomic E-state index is 12.1. The summed E-state index contributed by atoms with van der Waals surface area (Å²) in [5.74, 6) is 1.59. The fraction of sp³-hybridized carbons (Fsp3) is 0.562. The number of fused-ring (bicyclic) bond motifs is 1. The second-order valence-corrected chi connectivity index (χ2v) is 5.48. The number of carbonyl (C=O) groups excluding carboxylic acids is 1. The Balaban J connectivity index is 1.92. The molecule has 0 radical (unpaired) electrons. The number of rotatable bonds is 6. The zero-order valence-corrected chi connectivity index (χ0v) is 12.8. The van der Waals surface area contributed by atoms with E-state index < -0.39 is 0 Å². The Labute approximate surface area is 126 Å². The first-order chi connectivity index (χ1) is 10.1. The molecule has 0 aliphatic carbocycles. The first kappa shape index (κ1) is 15.6. The lowest BCUT2D eigenvalue weighted by Crippen LogP contribution is -2.33. The Morgan fingerprint density at radius 3 is 2.76 bits per heavy atom. The Morgan fingerprint density at radius 1 is 1.33 bits per heavy atom. The van der Waals surface area contributed by atoms with Gasteiger partial charge < -0.3 is 20.1 Å². The zero-order chi connectivity index (χ0) is 15.2. The Morgan fingerprint density at radius 2 is 2.05 bits per heavy atom. The van der Waals surface area contributed by atoms with Gasteiger partial charge in [0.15, 0.2) is 11.5 Å². The second kappa shape index (κ2) is 7.31. The summed E-state index contributed by atoms with van der Waals surface area (Å²) < 4.78 is 11.0. The molecule has 0 aromatic heterocycles. The number of ether oxygens (including phenoxy) is 2. The fourth-order valence-electron chi connectivity index (χ4n) is 2.40. The van der Waals surface area contributed by atoms with Crippen molar-refractivity contribution in [2.75, 3.05) is 20.3 Å². The Bertz CT molecular complexity index is 490. The maximum Gasteiger partial charge on any atom is 0.224 e. The number of nitrogens with two attached hydrogens (primary N) is 1. The topological polar surface area (TPSA) is 64.8 Å². The lowest BCUT2D eigenvalue weighted by molar-refractivity contribution is -0.130. The molecule has 1 heterocycles. The molecule has 0 saturated carbocycles. The smallest absolute Gasteiger partial charge is 0.224 e. The summed E-state index contributed by atoms with van der Waals surface area (Å²) in [5.41, 5.74) is 6.95. The largest absolute Gasteiger partial charge is 0.486 e. The molecule has 0 fully saturated rings. The van der Waals surface area contributed by atoms with Crippen LogP contribution in [0.1, 0.15) is 31.7 Å². The van der Waals surface area contributed by atoms with E-state index in [1.54, 1.807) is 11.9 Å². The molecule has 5 heteroatoms. The molecule has 2 rings (SSSR count). The molecular weight excluding hydrogens is 268 g/mol. The first-order valence-electron chi connectivity index (χ1n) is 7.48. The van der Waals surface area contributed by atoms with Gasteiger partial charge in [-0.05, 0) is 24.1 Å². The van der Waals surface area contributed by atoms with Crippen molar-refractivity contribution >= 4 is 5.91 Å². The number of nitrogens with zero attached hydrogens (tertiary/aromatic N) is 1. The van der Waals surface area contributed by atoms with Crippen LogP contribution in [0.5, 0.6) is 11.5 Å². The zero-order valence-electron chi connectivity index (χ0n) is 12.8. The molecule has 1 unspecified atom stereocenters. The summed E-state index contributed by atoms with van der Waals surface area (Å²) in [6.45, 7) is 3.77. The van der Waals surface area contributed by atoms with Gasteiger partial charge >= 0.3 is 0 Å². The van der Waals surface area contributed by atoms with Gasteiger partial charge in [0.25, 0.3) is 0 Å². The maximum atomic E-state index is 12.1. The van der Waals surface area contributed by atoms with Crippen LogP contribution in [0.4, 0.5) is 0 Å². The second-order valence-electron chi connectivity index (χ2n) is 5.48. The van der Waals surface area contributed by atoms with E-state index in [0.717, 1.165) is 29.9 Å². The Kier molecular flexibility index (Phi) is 5.44. The van der Waals surface area contributed by atoms with E-state index in [9.17, 15) is 4.79 Å². The van der Waals surface area contributed by atoms with Crippen molar-refractivity contribution in [2.24, 2.45) is 5.73 Å². The highest BCUT2D eigenvalue weighted by Gasteiger charge is 2.16. The molecule has 21 heavy (non-hydrogen) atoms. The minimum Gasteiger partial charge on any atom is -0.486 e. The van der Waals surface area contributed by atoms with Gasteiger partial charge in [0.2, 0.25) is 5.91 Å². The molecule has 1 aromatic carbocycles. The lowest BCUT2D eigenvalue weighted by Gasteiger charge is -2.22. The van der Waals surface area contributed by atoms with Crippen LogP contribution in [0.25, 0.3) is 0 Å². The van der Waals surface area contributed by atoms with Crippen LogP contribution < -0.4 is 15.2 Å². The van der Waals surface area contributed by atoms with E-state index in [-0.39, 0.29) is 11.9 Å². The van der Waals surface area contributed by atoms with Crippen molar-refractivity contribution in [1.29, 1.82) is 0 Å². The van der Waals surface area contributed by atoms with Gasteiger partial charge in [0, 0.05) is 26.1 Å². The quantitative estimate of drug-likeness (QED) is 0.870. The van der Waals surface area contributed by atoms with Crippen LogP contribution in [0.15, 0.2) is 18.2 Å². The van der Waals surface area contributed by atoms with E-state index >= 15 is 0 Å². The normalized spacial score (nSPS) is 14.6. The summed E-state index contributed by atoms with van der Waals surface area (Å²) in [6.07, 6.45) is 2.28. The highest BCUT2D eigenvalue weighted by molar-refractivity contribution is 5.76. The molecule has 1 aliphatic heterocycles. The number of carbonyl (C=O) groups is 1. The molecule has 1 atom stereocenters. The predicted molar refractivity (Wildman–Crippen MR) is 81.4 cm³/mol. The molecular formula is C16H24N2O3. The molecule has 0 bridgehead atoms. The predicted octanol–water partition coefficient (Wildman–Crippen LogP) is 1.93. The highest BCUT2D eigenvalue weighted by Crippen LogP contribution is 2.31. The average molecular weight is 292 g/mol. The SMILES string of the molecule is CCCC(N)CC(=O)N(C)Cc1ccc2c(c1)OCCO2. The number of hydrogen-bond donors (Lipinski definition) is 1. The number of hydrogen-bond acceptors (Lipinski definition) is 4. The summed E-state index contributed by atoms with van der Waals surface area (Å²) >= 11 is 0. The molecule has 0 saturated heterocycles. The molecule has 0 spiro atoms. The van der Waals surface area contributed by atoms with E-state index in [0.29, 0.717) is 26.2 Å². The molecule has 1 aromatic rings. The van der Waals surface area contributed by atoms with Crippen LogP contribution in [0.3, 0.4) is 0 Å². The van der Waals surface area contributed by atoms with Crippen LogP contribution in [0.2, 0.25) is 0 Å². The summed E-state index contributed by atoms with van der Waals surface area (Å²) in [7, 11) is 1.80. The monoisotopic (exact) mass is 292 g/mol. The van der Waals surface area contributed by atoms with Crippen molar-refractivity contribution in [2.45, 2.75) is 38.8 Å². The van der Waals surface area contributed by atoms with Gasteiger partial charge in [-0.1, -0.05) is 19.4 Å². The minimum atomic E-state index is -0.0507. The summed E-state index contributed by atoms with van der Waals surface area (Å²) in [4.78, 5) is 13.8. The third-order valence-corrected chi connectivity index (χ3v) is 3.55. The van der Waals surface area contributed by atoms with E-state index in [1.165, 1.54) is 0 Å². The lowest BCUT2D eigenvalue weighted by atomic mass is 10.1. The molecule has 116 valence electrons. The summed E-state index contributed by atoms with van der Waals surface area (Å²) in [6, 6.07) is 5.74. The van der Waals surface area contributed by atoms with Crippen molar-refractivity contribution in [3.8, 4) is 11.5 Å². The van der Waals surface area contributed by atoms with Crippen LogP contribution in [-0.2, 0) is 11.3 Å². The van der Waals surface area contributed by atoms with Gasteiger partial charge in [0.1, 0.15) is 13.2 Å². The molecule has 1 amide bonds. The van der Waals surface area contributed by atoms with Crippen molar-refractivity contribution < 1.29 is 14.3 Å². The Hall–Kier alpha value is -1.75. The fourth-order valence-corrected chi connectivity index (χ4v) is 2.40. The number of amides is 1. The van der Waals surface area contributed by atoms with Crippen LogP contribution >= 0.6 is 0 Å². The van der Waals surface area contributed by atoms with Crippen molar-refractivity contribution in [3.05, 3.63) is 23.8 Å². The van der Waals surface area contributed by atoms with Gasteiger partial charge in [-0.15, -0.1) is 0 Å². The van der Waals surface area contributed by atoms with Crippen LogP contribution in [-0.4, -0.2) is 37.1 Å². The van der Waals surface area contributed by atoms with Crippen LogP contribution in [0, 0.1) is 0 Å². The third kappa shape index (κ3) is 4.36. The van der Waals surface area contributed by atoms with E-state index in [1.807, 2.05) is 18.2 Å². The minimum absolute atomic E-state index is 0.0507. The molecule has 2 N–H and O–H groups in total. The third-order valence-electron chi connectivity index (χ3n) is 3.55. The molecule has 5 nitrogen and oxygen atoms in total. The number of benzene rings is 1. The van der Waals surface area contributed by atoms with Gasteiger partial charge in [-0.3, -0.25) is 4.79 Å². The average Bonchev–Trinajstić information content (AvgIpc) is 2.47. The first-order valence-corrected chi connectivity index (χ1v) is 7.48. The van der Waals surface area contributed by atoms with E-state index in [4.69, 9.17) is 15.2 Å². The standard InChI is InChI=1S/C16H24N2O3/c1-3-4-13(17)10-16(19)18(2)11-12-5-6-14-15(9-12)21-8-7-20-14/h5-6,9,13H,3-4,7-8,10-11,17H2,1-2H3.